The van der Waals surface area contributed by atoms with Gasteiger partial charge in [-0.3, -0.25) is 9.69 Å². The lowest BCUT2D eigenvalue weighted by Crippen LogP contribution is -2.23. The molecule has 0 atom stereocenters. The van der Waals surface area contributed by atoms with Crippen molar-refractivity contribution in [3.05, 3.63) is 88.8 Å². The first-order valence-electron chi connectivity index (χ1n) is 8.42. The molecule has 0 saturated heterocycles. The van der Waals surface area contributed by atoms with Crippen LogP contribution in [-0.2, 0) is 19.6 Å². The molecule has 140 valence electrons. The van der Waals surface area contributed by atoms with Crippen LogP contribution in [0.1, 0.15) is 27.4 Å². The van der Waals surface area contributed by atoms with E-state index in [1.165, 1.54) is 12.1 Å². The fourth-order valence-electron chi connectivity index (χ4n) is 2.66. The van der Waals surface area contributed by atoms with E-state index in [0.29, 0.717) is 12.3 Å². The largest absolute Gasteiger partial charge is 0.359 e. The molecule has 0 aliphatic rings. The summed E-state index contributed by atoms with van der Waals surface area (Å²) < 4.78 is 32.0. The summed E-state index contributed by atoms with van der Waals surface area (Å²) in [6.07, 6.45) is 0. The number of aromatic nitrogens is 1. The van der Waals surface area contributed by atoms with Gasteiger partial charge in [-0.05, 0) is 18.7 Å². The molecule has 1 aromatic heterocycles. The van der Waals surface area contributed by atoms with Crippen LogP contribution in [0.2, 0.25) is 0 Å². The number of halogens is 2. The third-order valence-corrected chi connectivity index (χ3v) is 3.98. The lowest BCUT2D eigenvalue weighted by atomic mass is 10.2. The number of carbonyl (C=O) groups is 1. The van der Waals surface area contributed by atoms with Gasteiger partial charge in [0.25, 0.3) is 5.91 Å². The number of benzene rings is 2. The van der Waals surface area contributed by atoms with Crippen molar-refractivity contribution >= 4 is 5.91 Å². The van der Waals surface area contributed by atoms with E-state index < -0.39 is 17.5 Å². The Kier molecular flexibility index (Phi) is 5.93. The normalized spacial score (nSPS) is 11.0. The molecular weight excluding hydrogens is 352 g/mol. The highest BCUT2D eigenvalue weighted by Crippen LogP contribution is 2.12. The average Bonchev–Trinajstić information content (AvgIpc) is 3.12. The molecule has 0 aliphatic heterocycles. The Bertz CT molecular complexity index is 913. The van der Waals surface area contributed by atoms with Crippen molar-refractivity contribution in [2.24, 2.45) is 0 Å². The van der Waals surface area contributed by atoms with E-state index in [1.807, 2.05) is 42.3 Å². The zero-order valence-corrected chi connectivity index (χ0v) is 14.8. The quantitative estimate of drug-likeness (QED) is 0.690. The third-order valence-electron chi connectivity index (χ3n) is 3.98. The first kappa shape index (κ1) is 18.7. The molecule has 0 fully saturated rings. The lowest BCUT2D eigenvalue weighted by molar-refractivity contribution is 0.0941. The van der Waals surface area contributed by atoms with E-state index in [-0.39, 0.29) is 17.8 Å². The second kappa shape index (κ2) is 8.55. The van der Waals surface area contributed by atoms with E-state index in [2.05, 4.69) is 10.5 Å². The summed E-state index contributed by atoms with van der Waals surface area (Å²) in [5.74, 6) is -1.90. The third kappa shape index (κ3) is 4.98. The smallest absolute Gasteiger partial charge is 0.273 e. The van der Waals surface area contributed by atoms with Crippen molar-refractivity contribution < 1.29 is 18.1 Å². The summed E-state index contributed by atoms with van der Waals surface area (Å²) >= 11 is 0. The van der Waals surface area contributed by atoms with Gasteiger partial charge in [0.15, 0.2) is 23.1 Å². The maximum atomic E-state index is 13.6. The highest BCUT2D eigenvalue weighted by Gasteiger charge is 2.15. The van der Waals surface area contributed by atoms with Gasteiger partial charge in [0.05, 0.1) is 6.54 Å². The molecule has 0 radical (unpaired) electrons. The summed E-state index contributed by atoms with van der Waals surface area (Å²) in [7, 11) is 1.93. The van der Waals surface area contributed by atoms with Crippen molar-refractivity contribution in [2.45, 2.75) is 19.6 Å². The molecule has 0 spiro atoms. The predicted molar refractivity (Wildman–Crippen MR) is 95.6 cm³/mol. The Morgan fingerprint density at radius 3 is 2.67 bits per heavy atom. The molecule has 0 aliphatic carbocycles. The maximum absolute atomic E-state index is 13.6. The Labute approximate surface area is 155 Å². The van der Waals surface area contributed by atoms with Crippen LogP contribution in [0.4, 0.5) is 8.78 Å². The molecule has 2 aromatic carbocycles. The Morgan fingerprint density at radius 1 is 1.11 bits per heavy atom. The topological polar surface area (TPSA) is 58.4 Å². The minimum absolute atomic E-state index is 0.0645. The monoisotopic (exact) mass is 371 g/mol. The van der Waals surface area contributed by atoms with Crippen LogP contribution in [-0.4, -0.2) is 23.0 Å². The van der Waals surface area contributed by atoms with Crippen LogP contribution in [0.5, 0.6) is 0 Å². The van der Waals surface area contributed by atoms with Gasteiger partial charge in [0.2, 0.25) is 0 Å². The van der Waals surface area contributed by atoms with Crippen LogP contribution >= 0.6 is 0 Å². The second-order valence-electron chi connectivity index (χ2n) is 6.23. The van der Waals surface area contributed by atoms with Crippen LogP contribution < -0.4 is 5.32 Å². The van der Waals surface area contributed by atoms with Gasteiger partial charge in [0.1, 0.15) is 0 Å². The zero-order valence-electron chi connectivity index (χ0n) is 14.8. The Balaban J connectivity index is 1.55. The van der Waals surface area contributed by atoms with Crippen molar-refractivity contribution in [3.8, 4) is 0 Å². The van der Waals surface area contributed by atoms with E-state index >= 15 is 0 Å². The van der Waals surface area contributed by atoms with E-state index in [1.54, 1.807) is 6.07 Å². The Hall–Kier alpha value is -3.06. The number of amides is 1. The molecule has 27 heavy (non-hydrogen) atoms. The standard InChI is InChI=1S/C20H19F2N3O2/c1-25(12-14-6-3-2-4-7-14)13-16-10-18(24-27-16)20(26)23-11-15-8-5-9-17(21)19(15)22/h2-10H,11-13H2,1H3,(H,23,26). The van der Waals surface area contributed by atoms with E-state index in [9.17, 15) is 13.6 Å². The molecule has 0 unspecified atom stereocenters. The minimum Gasteiger partial charge on any atom is -0.359 e. The second-order valence-corrected chi connectivity index (χ2v) is 6.23. The minimum atomic E-state index is -0.971. The SMILES string of the molecule is CN(Cc1ccccc1)Cc1cc(C(=O)NCc2cccc(F)c2F)no1. The number of hydrogen-bond acceptors (Lipinski definition) is 4. The van der Waals surface area contributed by atoms with Gasteiger partial charge in [-0.2, -0.15) is 0 Å². The van der Waals surface area contributed by atoms with Crippen molar-refractivity contribution in [3.63, 3.8) is 0 Å². The summed E-state index contributed by atoms with van der Waals surface area (Å²) in [6.45, 7) is 1.06. The number of rotatable bonds is 7. The summed E-state index contributed by atoms with van der Waals surface area (Å²) in [6, 6.07) is 15.3. The molecule has 3 rings (SSSR count). The van der Waals surface area contributed by atoms with Crippen molar-refractivity contribution in [1.82, 2.24) is 15.4 Å². The van der Waals surface area contributed by atoms with Crippen LogP contribution in [0, 0.1) is 11.6 Å². The summed E-state index contributed by atoms with van der Waals surface area (Å²) in [5.41, 5.74) is 1.32. The van der Waals surface area contributed by atoms with Gasteiger partial charge in [0, 0.05) is 24.7 Å². The van der Waals surface area contributed by atoms with Gasteiger partial charge in [-0.1, -0.05) is 47.6 Å². The number of carbonyl (C=O) groups excluding carboxylic acids is 1. The fraction of sp³-hybridized carbons (Fsp3) is 0.200. The van der Waals surface area contributed by atoms with Crippen LogP contribution in [0.25, 0.3) is 0 Å². The number of nitrogens with zero attached hydrogens (tertiary/aromatic N) is 2. The van der Waals surface area contributed by atoms with E-state index in [4.69, 9.17) is 4.52 Å². The van der Waals surface area contributed by atoms with Crippen molar-refractivity contribution in [2.75, 3.05) is 7.05 Å². The first-order valence-corrected chi connectivity index (χ1v) is 8.42. The van der Waals surface area contributed by atoms with Gasteiger partial charge >= 0.3 is 0 Å². The maximum Gasteiger partial charge on any atom is 0.273 e. The van der Waals surface area contributed by atoms with Gasteiger partial charge in [-0.15, -0.1) is 0 Å². The van der Waals surface area contributed by atoms with Gasteiger partial charge < -0.3 is 9.84 Å². The molecule has 1 N–H and O–H groups in total. The lowest BCUT2D eigenvalue weighted by Gasteiger charge is -2.14. The molecule has 0 saturated carbocycles. The summed E-state index contributed by atoms with van der Waals surface area (Å²) in [5, 5.41) is 6.26. The molecule has 7 heteroatoms. The molecule has 5 nitrogen and oxygen atoms in total. The predicted octanol–water partition coefficient (Wildman–Crippen LogP) is 3.51. The molecule has 1 heterocycles. The molecular formula is C20H19F2N3O2. The number of nitrogens with one attached hydrogen (secondary N) is 1. The Morgan fingerprint density at radius 2 is 1.89 bits per heavy atom. The van der Waals surface area contributed by atoms with Gasteiger partial charge in [-0.25, -0.2) is 8.78 Å². The van der Waals surface area contributed by atoms with Crippen molar-refractivity contribution in [1.29, 1.82) is 0 Å². The zero-order chi connectivity index (χ0) is 19.2. The fourth-order valence-corrected chi connectivity index (χ4v) is 2.66. The number of hydrogen-bond donors (Lipinski definition) is 1. The highest BCUT2D eigenvalue weighted by molar-refractivity contribution is 5.92. The van der Waals surface area contributed by atoms with E-state index in [0.717, 1.165) is 18.2 Å². The first-order chi connectivity index (χ1) is 13.0. The molecule has 1 amide bonds. The van der Waals surface area contributed by atoms with Crippen LogP contribution in [0.15, 0.2) is 59.1 Å². The van der Waals surface area contributed by atoms with Crippen LogP contribution in [0.3, 0.4) is 0 Å². The highest BCUT2D eigenvalue weighted by atomic mass is 19.2. The summed E-state index contributed by atoms with van der Waals surface area (Å²) in [4.78, 5) is 14.2. The average molecular weight is 371 g/mol. The molecule has 3 aromatic rings. The molecule has 0 bridgehead atoms.